The first kappa shape index (κ1) is 25.0. The number of carbonyl (C=O) groups is 2. The Balaban J connectivity index is 1.73. The van der Waals surface area contributed by atoms with E-state index >= 15 is 0 Å². The summed E-state index contributed by atoms with van der Waals surface area (Å²) in [6.45, 7) is 2.13. The van der Waals surface area contributed by atoms with Gasteiger partial charge in [-0.25, -0.2) is 22.9 Å². The number of aromatic nitrogens is 1. The average molecular weight is 524 g/mol. The summed E-state index contributed by atoms with van der Waals surface area (Å²) in [5.74, 6) is -4.19. The summed E-state index contributed by atoms with van der Waals surface area (Å²) in [5.41, 5.74) is -0.0800. The highest BCUT2D eigenvalue weighted by Crippen LogP contribution is 2.31. The van der Waals surface area contributed by atoms with E-state index in [2.05, 4.69) is 9.88 Å². The predicted molar refractivity (Wildman–Crippen MR) is 124 cm³/mol. The van der Waals surface area contributed by atoms with Crippen molar-refractivity contribution in [1.29, 1.82) is 0 Å². The fraction of sp³-hybridized carbons (Fsp3) is 0.208. The maximum atomic E-state index is 14.4. The van der Waals surface area contributed by atoms with Crippen LogP contribution in [0.3, 0.4) is 0 Å². The molecule has 4 rings (SSSR count). The van der Waals surface area contributed by atoms with Crippen LogP contribution in [0.15, 0.2) is 42.5 Å². The van der Waals surface area contributed by atoms with Crippen LogP contribution < -0.4 is 4.74 Å². The van der Waals surface area contributed by atoms with Gasteiger partial charge in [0.1, 0.15) is 28.1 Å². The van der Waals surface area contributed by atoms with Crippen molar-refractivity contribution in [3.8, 4) is 16.9 Å². The topological polar surface area (TPSA) is 62.7 Å². The van der Waals surface area contributed by atoms with Gasteiger partial charge in [0.25, 0.3) is 5.91 Å². The molecule has 0 atom stereocenters. The number of hydrogen-bond acceptors (Lipinski definition) is 5. The van der Waals surface area contributed by atoms with Gasteiger partial charge in [0.05, 0.1) is 5.56 Å². The molecular formula is C24H18Cl2F3N3O3. The molecule has 0 radical (unpaired) electrons. The third-order valence-corrected chi connectivity index (χ3v) is 6.11. The maximum absolute atomic E-state index is 14.4. The van der Waals surface area contributed by atoms with Gasteiger partial charge in [0.2, 0.25) is 0 Å². The van der Waals surface area contributed by atoms with Gasteiger partial charge in [-0.15, -0.1) is 0 Å². The van der Waals surface area contributed by atoms with E-state index in [1.807, 2.05) is 7.05 Å². The minimum atomic E-state index is -1.06. The second-order valence-electron chi connectivity index (χ2n) is 7.92. The van der Waals surface area contributed by atoms with Crippen LogP contribution in [-0.2, 0) is 0 Å². The van der Waals surface area contributed by atoms with Gasteiger partial charge in [-0.2, -0.15) is 0 Å². The second-order valence-corrected chi connectivity index (χ2v) is 8.64. The van der Waals surface area contributed by atoms with Gasteiger partial charge in [-0.1, -0.05) is 29.3 Å². The van der Waals surface area contributed by atoms with E-state index in [4.69, 9.17) is 27.9 Å². The highest BCUT2D eigenvalue weighted by molar-refractivity contribution is 6.34. The van der Waals surface area contributed by atoms with Crippen molar-refractivity contribution in [1.82, 2.24) is 14.8 Å². The van der Waals surface area contributed by atoms with Gasteiger partial charge in [-0.3, -0.25) is 4.79 Å². The number of rotatable bonds is 4. The van der Waals surface area contributed by atoms with Gasteiger partial charge < -0.3 is 14.5 Å². The highest BCUT2D eigenvalue weighted by Gasteiger charge is 2.26. The lowest BCUT2D eigenvalue weighted by Crippen LogP contribution is -2.47. The molecular weight excluding hydrogens is 506 g/mol. The number of hydrogen-bond donors (Lipinski definition) is 0. The molecule has 2 aromatic carbocycles. The summed E-state index contributed by atoms with van der Waals surface area (Å²) in [7, 11) is 1.93. The molecule has 0 N–H and O–H groups in total. The molecule has 1 amide bonds. The van der Waals surface area contributed by atoms with E-state index in [1.165, 1.54) is 24.3 Å². The minimum Gasteiger partial charge on any atom is -0.422 e. The summed E-state index contributed by atoms with van der Waals surface area (Å²) in [6.07, 6.45) is 0. The van der Waals surface area contributed by atoms with Crippen molar-refractivity contribution in [3.63, 3.8) is 0 Å². The third kappa shape index (κ3) is 5.42. The van der Waals surface area contributed by atoms with Gasteiger partial charge >= 0.3 is 5.97 Å². The summed E-state index contributed by atoms with van der Waals surface area (Å²) in [6, 6.07) is 7.95. The molecule has 1 aromatic heterocycles. The Bertz CT molecular complexity index is 1310. The van der Waals surface area contributed by atoms with E-state index in [-0.39, 0.29) is 33.2 Å². The Morgan fingerprint density at radius 2 is 1.60 bits per heavy atom. The SMILES string of the molecule is CN1CCN(C(=O)c2cc(-c3ccc(F)cc3F)ccc2OC(=O)c2cc(F)c(Cl)nc2Cl)CC1. The molecule has 0 unspecified atom stereocenters. The van der Waals surface area contributed by atoms with Crippen LogP contribution in [0.4, 0.5) is 13.2 Å². The zero-order chi connectivity index (χ0) is 25.3. The van der Waals surface area contributed by atoms with E-state index in [1.54, 1.807) is 4.90 Å². The van der Waals surface area contributed by atoms with Crippen molar-refractivity contribution in [2.24, 2.45) is 0 Å². The van der Waals surface area contributed by atoms with Crippen LogP contribution in [0.25, 0.3) is 11.1 Å². The summed E-state index contributed by atoms with van der Waals surface area (Å²) in [5, 5.41) is -0.887. The molecule has 0 saturated carbocycles. The van der Waals surface area contributed by atoms with Crippen molar-refractivity contribution >= 4 is 35.1 Å². The molecule has 1 saturated heterocycles. The number of carbonyl (C=O) groups excluding carboxylic acids is 2. The highest BCUT2D eigenvalue weighted by atomic mass is 35.5. The zero-order valence-electron chi connectivity index (χ0n) is 18.3. The van der Waals surface area contributed by atoms with Gasteiger partial charge in [-0.05, 0) is 42.9 Å². The lowest BCUT2D eigenvalue weighted by molar-refractivity contribution is 0.0653. The second kappa shape index (κ2) is 10.2. The first-order valence-electron chi connectivity index (χ1n) is 10.4. The molecule has 1 aliphatic heterocycles. The van der Waals surface area contributed by atoms with E-state index in [9.17, 15) is 22.8 Å². The number of nitrogens with zero attached hydrogens (tertiary/aromatic N) is 3. The largest absolute Gasteiger partial charge is 0.422 e. The normalized spacial score (nSPS) is 14.2. The van der Waals surface area contributed by atoms with Crippen LogP contribution in [0.1, 0.15) is 20.7 Å². The lowest BCUT2D eigenvalue weighted by atomic mass is 10.0. The molecule has 6 nitrogen and oxygen atoms in total. The van der Waals surface area contributed by atoms with Crippen molar-refractivity contribution in [3.05, 3.63) is 81.3 Å². The molecule has 0 aliphatic carbocycles. The summed E-state index contributed by atoms with van der Waals surface area (Å²) in [4.78, 5) is 33.3. The number of esters is 1. The number of amides is 1. The third-order valence-electron chi connectivity index (χ3n) is 5.55. The molecule has 0 bridgehead atoms. The molecule has 2 heterocycles. The first-order valence-corrected chi connectivity index (χ1v) is 11.2. The maximum Gasteiger partial charge on any atom is 0.346 e. The molecule has 0 spiro atoms. The van der Waals surface area contributed by atoms with E-state index < -0.39 is 34.5 Å². The number of likely N-dealkylation sites (N-methyl/N-ethyl adjacent to an activating group) is 1. The fourth-order valence-corrected chi connectivity index (χ4v) is 4.00. The van der Waals surface area contributed by atoms with Crippen LogP contribution in [0.5, 0.6) is 5.75 Å². The van der Waals surface area contributed by atoms with Gasteiger partial charge in [0.15, 0.2) is 11.0 Å². The Hall–Kier alpha value is -3.14. The number of piperazine rings is 1. The zero-order valence-corrected chi connectivity index (χ0v) is 19.8. The van der Waals surface area contributed by atoms with Crippen LogP contribution in [0, 0.1) is 17.5 Å². The average Bonchev–Trinajstić information content (AvgIpc) is 2.82. The van der Waals surface area contributed by atoms with Crippen LogP contribution in [-0.4, -0.2) is 59.9 Å². The molecule has 182 valence electrons. The monoisotopic (exact) mass is 523 g/mol. The van der Waals surface area contributed by atoms with Crippen LogP contribution >= 0.6 is 23.2 Å². The number of benzene rings is 2. The molecule has 1 fully saturated rings. The Morgan fingerprint density at radius 1 is 0.886 bits per heavy atom. The lowest BCUT2D eigenvalue weighted by Gasteiger charge is -2.32. The first-order chi connectivity index (χ1) is 16.6. The summed E-state index contributed by atoms with van der Waals surface area (Å²) >= 11 is 11.5. The quantitative estimate of drug-likeness (QED) is 0.271. The Labute approximate surface area is 208 Å². The molecule has 11 heteroatoms. The van der Waals surface area contributed by atoms with Crippen molar-refractivity contribution in [2.45, 2.75) is 0 Å². The minimum absolute atomic E-state index is 0.0253. The van der Waals surface area contributed by atoms with Crippen molar-refractivity contribution < 1.29 is 27.5 Å². The standard InChI is InChI=1S/C24H18Cl2F3N3O3/c1-31-6-8-32(9-7-31)23(33)16-10-13(15-4-3-14(27)11-18(15)28)2-5-20(16)35-24(34)17-12-19(29)22(26)30-21(17)25/h2-5,10-12H,6-9H2,1H3. The number of halogens is 5. The Kier molecular flexibility index (Phi) is 7.30. The summed E-state index contributed by atoms with van der Waals surface area (Å²) < 4.78 is 47.1. The molecule has 35 heavy (non-hydrogen) atoms. The van der Waals surface area contributed by atoms with Crippen molar-refractivity contribution in [2.75, 3.05) is 33.2 Å². The molecule has 3 aromatic rings. The number of pyridine rings is 1. The fourth-order valence-electron chi connectivity index (χ4n) is 3.60. The van der Waals surface area contributed by atoms with E-state index in [0.717, 1.165) is 18.2 Å². The van der Waals surface area contributed by atoms with E-state index in [0.29, 0.717) is 26.2 Å². The smallest absolute Gasteiger partial charge is 0.346 e. The van der Waals surface area contributed by atoms with Gasteiger partial charge in [0, 0.05) is 37.8 Å². The predicted octanol–water partition coefficient (Wildman–Crippen LogP) is 5.08. The molecule has 1 aliphatic rings. The Morgan fingerprint density at radius 3 is 2.29 bits per heavy atom. The van der Waals surface area contributed by atoms with Crippen LogP contribution in [0.2, 0.25) is 10.3 Å². The number of ether oxygens (including phenoxy) is 1.